The number of rotatable bonds is 7. The monoisotopic (exact) mass is 454 g/mol. The van der Waals surface area contributed by atoms with Gasteiger partial charge in [0.1, 0.15) is 0 Å². The van der Waals surface area contributed by atoms with Crippen molar-refractivity contribution in [1.29, 1.82) is 0 Å². The van der Waals surface area contributed by atoms with Crippen molar-refractivity contribution in [2.75, 3.05) is 16.6 Å². The lowest BCUT2D eigenvalue weighted by Gasteiger charge is -2.10. The molecule has 0 atom stereocenters. The smallest absolute Gasteiger partial charge is 0.263 e. The summed E-state index contributed by atoms with van der Waals surface area (Å²) in [6.45, 7) is 0. The lowest BCUT2D eigenvalue weighted by molar-refractivity contribution is 0.392. The van der Waals surface area contributed by atoms with Gasteiger partial charge in [0.2, 0.25) is 5.88 Å². The van der Waals surface area contributed by atoms with Gasteiger partial charge in [-0.05, 0) is 48.5 Å². The fourth-order valence-electron chi connectivity index (χ4n) is 2.23. The summed E-state index contributed by atoms with van der Waals surface area (Å²) in [5.74, 6) is 0.251. The molecule has 29 heavy (non-hydrogen) atoms. The first kappa shape index (κ1) is 20.8. The first-order valence-electron chi connectivity index (χ1n) is 7.99. The minimum absolute atomic E-state index is 0.0107. The van der Waals surface area contributed by atoms with Crippen molar-refractivity contribution in [1.82, 2.24) is 10.2 Å². The predicted molar refractivity (Wildman–Crippen MR) is 108 cm³/mol. The topological polar surface area (TPSA) is 127 Å². The molecule has 9 nitrogen and oxygen atoms in total. The Hall–Kier alpha value is -2.89. The molecule has 0 aliphatic heterocycles. The number of sulfonamides is 2. The summed E-state index contributed by atoms with van der Waals surface area (Å²) >= 11 is 5.83. The van der Waals surface area contributed by atoms with E-state index in [0.717, 1.165) is 0 Å². The maximum absolute atomic E-state index is 12.4. The van der Waals surface area contributed by atoms with Gasteiger partial charge in [-0.2, -0.15) is 0 Å². The van der Waals surface area contributed by atoms with Crippen LogP contribution in [0, 0.1) is 0 Å². The van der Waals surface area contributed by atoms with Gasteiger partial charge in [-0.3, -0.25) is 9.44 Å². The van der Waals surface area contributed by atoms with Gasteiger partial charge in [-0.1, -0.05) is 17.7 Å². The van der Waals surface area contributed by atoms with Crippen LogP contribution in [0.4, 0.5) is 11.5 Å². The second-order valence-corrected chi connectivity index (χ2v) is 9.45. The largest absolute Gasteiger partial charge is 0.480 e. The number of ether oxygens (including phenoxy) is 1. The van der Waals surface area contributed by atoms with Crippen LogP contribution in [0.3, 0.4) is 0 Å². The van der Waals surface area contributed by atoms with Gasteiger partial charge in [0.15, 0.2) is 5.82 Å². The zero-order chi connectivity index (χ0) is 21.1. The van der Waals surface area contributed by atoms with E-state index in [1.807, 2.05) is 0 Å². The highest BCUT2D eigenvalue weighted by Gasteiger charge is 2.17. The standard InChI is InChI=1S/C17H15ClN4O5S2/c1-27-17-10-9-16(19-20-17)22-28(23,24)14-7-5-13(6-8-14)21-29(25,26)15-4-2-3-12(18)11-15/h2-11,21H,1H3,(H,19,22). The van der Waals surface area contributed by atoms with Crippen LogP contribution in [0.2, 0.25) is 5.02 Å². The van der Waals surface area contributed by atoms with E-state index in [1.54, 1.807) is 6.07 Å². The number of hydrogen-bond donors (Lipinski definition) is 2. The molecule has 0 saturated carbocycles. The number of benzene rings is 2. The second-order valence-electron chi connectivity index (χ2n) is 5.65. The number of methoxy groups -OCH3 is 1. The van der Waals surface area contributed by atoms with E-state index in [-0.39, 0.29) is 32.2 Å². The molecule has 0 aliphatic carbocycles. The molecule has 2 aromatic carbocycles. The molecule has 12 heteroatoms. The minimum atomic E-state index is -3.94. The van der Waals surface area contributed by atoms with Crippen LogP contribution in [-0.4, -0.2) is 34.1 Å². The molecule has 0 bridgehead atoms. The Morgan fingerprint density at radius 2 is 1.52 bits per heavy atom. The van der Waals surface area contributed by atoms with Gasteiger partial charge in [-0.15, -0.1) is 10.2 Å². The molecule has 0 aliphatic rings. The summed E-state index contributed by atoms with van der Waals surface area (Å²) in [5, 5.41) is 7.66. The van der Waals surface area contributed by atoms with E-state index < -0.39 is 20.0 Å². The molecule has 0 amide bonds. The van der Waals surface area contributed by atoms with Crippen molar-refractivity contribution in [3.05, 3.63) is 65.7 Å². The van der Waals surface area contributed by atoms with Crippen LogP contribution >= 0.6 is 11.6 Å². The Morgan fingerprint density at radius 3 is 2.10 bits per heavy atom. The molecular weight excluding hydrogens is 440 g/mol. The fraction of sp³-hybridized carbons (Fsp3) is 0.0588. The van der Waals surface area contributed by atoms with E-state index >= 15 is 0 Å². The Kier molecular flexibility index (Phi) is 5.91. The maximum atomic E-state index is 12.4. The van der Waals surface area contributed by atoms with Crippen LogP contribution in [0.25, 0.3) is 0 Å². The molecule has 0 radical (unpaired) electrons. The number of anilines is 2. The molecule has 0 unspecified atom stereocenters. The summed E-state index contributed by atoms with van der Waals surface area (Å²) in [6.07, 6.45) is 0. The summed E-state index contributed by atoms with van der Waals surface area (Å²) in [6, 6.07) is 13.8. The lowest BCUT2D eigenvalue weighted by atomic mass is 10.3. The molecule has 2 N–H and O–H groups in total. The van der Waals surface area contributed by atoms with Crippen molar-refractivity contribution in [3.8, 4) is 5.88 Å². The number of hydrogen-bond acceptors (Lipinski definition) is 7. The molecule has 0 spiro atoms. The minimum Gasteiger partial charge on any atom is -0.480 e. The summed E-state index contributed by atoms with van der Waals surface area (Å²) in [5.41, 5.74) is 0.188. The van der Waals surface area contributed by atoms with Crippen LogP contribution < -0.4 is 14.2 Å². The third-order valence-electron chi connectivity index (χ3n) is 3.61. The molecule has 152 valence electrons. The predicted octanol–water partition coefficient (Wildman–Crippen LogP) is 2.74. The van der Waals surface area contributed by atoms with Crippen LogP contribution in [0.15, 0.2) is 70.5 Å². The molecule has 3 aromatic rings. The average molecular weight is 455 g/mol. The van der Waals surface area contributed by atoms with Crippen molar-refractivity contribution in [2.24, 2.45) is 0 Å². The molecule has 0 fully saturated rings. The van der Waals surface area contributed by atoms with Crippen LogP contribution in [0.5, 0.6) is 5.88 Å². The van der Waals surface area contributed by atoms with Gasteiger partial charge in [0, 0.05) is 16.8 Å². The summed E-state index contributed by atoms with van der Waals surface area (Å²) < 4.78 is 59.2. The average Bonchev–Trinajstić information content (AvgIpc) is 2.68. The lowest BCUT2D eigenvalue weighted by Crippen LogP contribution is -2.15. The van der Waals surface area contributed by atoms with Gasteiger partial charge < -0.3 is 4.74 Å². The maximum Gasteiger partial charge on any atom is 0.263 e. The molecular formula is C17H15ClN4O5S2. The molecule has 0 saturated heterocycles. The molecule has 1 heterocycles. The first-order chi connectivity index (χ1) is 13.7. The number of nitrogens with zero attached hydrogens (tertiary/aromatic N) is 2. The van der Waals surface area contributed by atoms with Crippen molar-refractivity contribution < 1.29 is 21.6 Å². The Bertz CT molecular complexity index is 1220. The van der Waals surface area contributed by atoms with Gasteiger partial charge >= 0.3 is 0 Å². The van der Waals surface area contributed by atoms with E-state index in [9.17, 15) is 16.8 Å². The third-order valence-corrected chi connectivity index (χ3v) is 6.60. The van der Waals surface area contributed by atoms with Gasteiger partial charge in [0.05, 0.1) is 16.9 Å². The number of nitrogens with one attached hydrogen (secondary N) is 2. The highest BCUT2D eigenvalue weighted by atomic mass is 35.5. The van der Waals surface area contributed by atoms with E-state index in [1.165, 1.54) is 61.7 Å². The molecule has 1 aromatic heterocycles. The fourth-order valence-corrected chi connectivity index (χ4v) is 4.59. The van der Waals surface area contributed by atoms with Gasteiger partial charge in [0.25, 0.3) is 20.0 Å². The molecule has 3 rings (SSSR count). The SMILES string of the molecule is COc1ccc(NS(=O)(=O)c2ccc(NS(=O)(=O)c3cccc(Cl)c3)cc2)nn1. The Labute approximate surface area is 172 Å². The van der Waals surface area contributed by atoms with E-state index in [0.29, 0.717) is 0 Å². The van der Waals surface area contributed by atoms with Gasteiger partial charge in [-0.25, -0.2) is 16.8 Å². The van der Waals surface area contributed by atoms with E-state index in [4.69, 9.17) is 16.3 Å². The van der Waals surface area contributed by atoms with Crippen molar-refractivity contribution in [3.63, 3.8) is 0 Å². The Morgan fingerprint density at radius 1 is 0.828 bits per heavy atom. The van der Waals surface area contributed by atoms with Crippen molar-refractivity contribution in [2.45, 2.75) is 9.79 Å². The highest BCUT2D eigenvalue weighted by molar-refractivity contribution is 7.93. The second kappa shape index (κ2) is 8.23. The first-order valence-corrected chi connectivity index (χ1v) is 11.3. The van der Waals surface area contributed by atoms with Crippen molar-refractivity contribution >= 4 is 43.2 Å². The highest BCUT2D eigenvalue weighted by Crippen LogP contribution is 2.21. The quantitative estimate of drug-likeness (QED) is 0.561. The summed E-state index contributed by atoms with van der Waals surface area (Å²) in [4.78, 5) is -0.0951. The third kappa shape index (κ3) is 5.13. The van der Waals surface area contributed by atoms with Crippen LogP contribution in [-0.2, 0) is 20.0 Å². The Balaban J connectivity index is 1.76. The normalized spacial score (nSPS) is 11.7. The number of halogens is 1. The number of aromatic nitrogens is 2. The van der Waals surface area contributed by atoms with E-state index in [2.05, 4.69) is 19.6 Å². The summed E-state index contributed by atoms with van der Waals surface area (Å²) in [7, 11) is -6.40. The zero-order valence-corrected chi connectivity index (χ0v) is 17.3. The van der Waals surface area contributed by atoms with Crippen LogP contribution in [0.1, 0.15) is 0 Å². The zero-order valence-electron chi connectivity index (χ0n) is 14.9.